The maximum Gasteiger partial charge on any atom is 0.257 e. The number of carbonyl (C=O) groups is 2. The minimum Gasteiger partial charge on any atom is -0.373 e. The number of aromatic nitrogens is 1. The number of amides is 2. The van der Waals surface area contributed by atoms with E-state index in [0.717, 1.165) is 44.1 Å². The van der Waals surface area contributed by atoms with E-state index in [1.165, 1.54) is 10.4 Å². The lowest BCUT2D eigenvalue weighted by molar-refractivity contribution is -0.000371. The van der Waals surface area contributed by atoms with Crippen molar-refractivity contribution in [1.82, 2.24) is 9.88 Å². The summed E-state index contributed by atoms with van der Waals surface area (Å²) in [7, 11) is 0. The van der Waals surface area contributed by atoms with Gasteiger partial charge in [-0.2, -0.15) is 0 Å². The molecule has 0 unspecified atom stereocenters. The summed E-state index contributed by atoms with van der Waals surface area (Å²) in [5.74, 6) is -0.198. The zero-order valence-corrected chi connectivity index (χ0v) is 20.0. The van der Waals surface area contributed by atoms with Gasteiger partial charge in [-0.25, -0.2) is 0 Å². The van der Waals surface area contributed by atoms with Crippen LogP contribution in [0.15, 0.2) is 54.9 Å². The molecule has 2 aromatic heterocycles. The smallest absolute Gasteiger partial charge is 0.257 e. The number of likely N-dealkylation sites (tertiary alicyclic amines) is 1. The van der Waals surface area contributed by atoms with Gasteiger partial charge in [0, 0.05) is 30.4 Å². The number of hydrogen-bond donors (Lipinski definition) is 1. The summed E-state index contributed by atoms with van der Waals surface area (Å²) < 4.78 is 6.10. The van der Waals surface area contributed by atoms with E-state index >= 15 is 0 Å². The molecule has 6 nitrogen and oxygen atoms in total. The highest BCUT2D eigenvalue weighted by molar-refractivity contribution is 7.17. The Labute approximate surface area is 204 Å². The molecule has 0 saturated carbocycles. The van der Waals surface area contributed by atoms with Crippen molar-refractivity contribution in [3.63, 3.8) is 0 Å². The summed E-state index contributed by atoms with van der Waals surface area (Å²) in [6.45, 7) is 1.93. The summed E-state index contributed by atoms with van der Waals surface area (Å²) in [5, 5.41) is 3.69. The number of rotatable bonds is 6. The molecule has 1 saturated heterocycles. The third-order valence-electron chi connectivity index (χ3n) is 6.59. The van der Waals surface area contributed by atoms with Crippen molar-refractivity contribution >= 4 is 28.2 Å². The molecule has 0 atom stereocenters. The fraction of sp³-hybridized carbons (Fsp3) is 0.370. The number of pyridine rings is 1. The van der Waals surface area contributed by atoms with Gasteiger partial charge in [0.05, 0.1) is 23.8 Å². The van der Waals surface area contributed by atoms with Crippen LogP contribution in [0.25, 0.3) is 0 Å². The Morgan fingerprint density at radius 3 is 2.62 bits per heavy atom. The number of fused-ring (bicyclic) bond motifs is 1. The molecule has 0 radical (unpaired) electrons. The second-order valence-electron chi connectivity index (χ2n) is 8.90. The first-order chi connectivity index (χ1) is 16.7. The van der Waals surface area contributed by atoms with Gasteiger partial charge in [-0.3, -0.25) is 14.6 Å². The van der Waals surface area contributed by atoms with E-state index in [1.807, 2.05) is 23.1 Å². The number of aryl methyl sites for hydroxylation is 1. The highest BCUT2D eigenvalue weighted by Gasteiger charge is 2.31. The molecule has 1 aliphatic heterocycles. The van der Waals surface area contributed by atoms with Gasteiger partial charge < -0.3 is 15.0 Å². The van der Waals surface area contributed by atoms with Gasteiger partial charge in [-0.05, 0) is 61.8 Å². The van der Waals surface area contributed by atoms with Gasteiger partial charge in [0.25, 0.3) is 11.8 Å². The van der Waals surface area contributed by atoms with Gasteiger partial charge in [0.15, 0.2) is 0 Å². The Morgan fingerprint density at radius 1 is 1.06 bits per heavy atom. The lowest BCUT2D eigenvalue weighted by atomic mass is 9.94. The Kier molecular flexibility index (Phi) is 7.02. The second-order valence-corrected chi connectivity index (χ2v) is 10.0. The molecule has 0 bridgehead atoms. The molecule has 176 valence electrons. The summed E-state index contributed by atoms with van der Waals surface area (Å²) in [6.07, 6.45) is 9.06. The topological polar surface area (TPSA) is 71.5 Å². The Hall–Kier alpha value is -3.03. The summed E-state index contributed by atoms with van der Waals surface area (Å²) in [5.41, 5.74) is 3.48. The van der Waals surface area contributed by atoms with Crippen LogP contribution in [-0.2, 0) is 24.2 Å². The van der Waals surface area contributed by atoms with E-state index < -0.39 is 0 Å². The predicted molar refractivity (Wildman–Crippen MR) is 133 cm³/mol. The highest BCUT2D eigenvalue weighted by atomic mass is 32.1. The third-order valence-corrected chi connectivity index (χ3v) is 7.80. The van der Waals surface area contributed by atoms with Crippen LogP contribution in [0, 0.1) is 0 Å². The first-order valence-electron chi connectivity index (χ1n) is 12.0. The Bertz CT molecular complexity index is 1140. The SMILES string of the molecule is O=C(Nc1sc2c(c1C(=O)N1CCC(OCc3ccccc3)CC1)CCCC2)c1cccnc1. The van der Waals surface area contributed by atoms with Crippen molar-refractivity contribution in [3.05, 3.63) is 82.0 Å². The van der Waals surface area contributed by atoms with Gasteiger partial charge in [0.2, 0.25) is 0 Å². The van der Waals surface area contributed by atoms with Crippen LogP contribution in [0.4, 0.5) is 5.00 Å². The van der Waals surface area contributed by atoms with Crippen LogP contribution in [0.5, 0.6) is 0 Å². The third kappa shape index (κ3) is 5.05. The highest BCUT2D eigenvalue weighted by Crippen LogP contribution is 2.39. The van der Waals surface area contributed by atoms with Crippen molar-refractivity contribution in [2.24, 2.45) is 0 Å². The average Bonchev–Trinajstić information content (AvgIpc) is 3.26. The largest absolute Gasteiger partial charge is 0.373 e. The molecular weight excluding hydrogens is 446 g/mol. The van der Waals surface area contributed by atoms with E-state index in [2.05, 4.69) is 22.4 Å². The van der Waals surface area contributed by atoms with Gasteiger partial charge in [0.1, 0.15) is 5.00 Å². The molecule has 3 heterocycles. The maximum absolute atomic E-state index is 13.7. The minimum atomic E-state index is -0.228. The van der Waals surface area contributed by atoms with Crippen molar-refractivity contribution in [1.29, 1.82) is 0 Å². The van der Waals surface area contributed by atoms with Gasteiger partial charge in [-0.1, -0.05) is 30.3 Å². The Balaban J connectivity index is 1.28. The number of nitrogens with zero attached hydrogens (tertiary/aromatic N) is 2. The number of carbonyl (C=O) groups excluding carboxylic acids is 2. The fourth-order valence-corrected chi connectivity index (χ4v) is 6.00. The Morgan fingerprint density at radius 2 is 1.85 bits per heavy atom. The average molecular weight is 476 g/mol. The zero-order valence-electron chi connectivity index (χ0n) is 19.2. The molecule has 1 N–H and O–H groups in total. The fourth-order valence-electron chi connectivity index (χ4n) is 4.72. The molecule has 2 aliphatic rings. The lowest BCUT2D eigenvalue weighted by Crippen LogP contribution is -2.41. The van der Waals surface area contributed by atoms with Crippen LogP contribution in [0.3, 0.4) is 0 Å². The molecule has 1 aliphatic carbocycles. The monoisotopic (exact) mass is 475 g/mol. The summed E-state index contributed by atoms with van der Waals surface area (Å²) in [6, 6.07) is 13.7. The molecule has 2 amide bonds. The predicted octanol–water partition coefficient (Wildman–Crippen LogP) is 5.10. The standard InChI is InChI=1S/C27H29N3O3S/c31-25(20-9-6-14-28-17-20)29-26-24(22-10-4-5-11-23(22)34-26)27(32)30-15-12-21(13-16-30)33-18-19-7-2-1-3-8-19/h1-3,6-9,14,17,21H,4-5,10-13,15-16,18H2,(H,29,31). The minimum absolute atomic E-state index is 0.0300. The van der Waals surface area contributed by atoms with Crippen LogP contribution in [0.1, 0.15) is 62.4 Å². The van der Waals surface area contributed by atoms with E-state index in [9.17, 15) is 9.59 Å². The molecule has 1 fully saturated rings. The molecular formula is C27H29N3O3S. The molecule has 3 aromatic rings. The lowest BCUT2D eigenvalue weighted by Gasteiger charge is -2.32. The molecule has 0 spiro atoms. The van der Waals surface area contributed by atoms with E-state index in [1.54, 1.807) is 35.9 Å². The van der Waals surface area contributed by atoms with E-state index in [4.69, 9.17) is 4.74 Å². The first-order valence-corrected chi connectivity index (χ1v) is 12.8. The molecule has 1 aromatic carbocycles. The number of benzene rings is 1. The summed E-state index contributed by atoms with van der Waals surface area (Å²) >= 11 is 1.56. The number of anilines is 1. The van der Waals surface area contributed by atoms with Gasteiger partial charge in [-0.15, -0.1) is 11.3 Å². The first kappa shape index (κ1) is 22.7. The molecule has 5 rings (SSSR count). The number of thiophene rings is 1. The van der Waals surface area contributed by atoms with E-state index in [0.29, 0.717) is 35.8 Å². The molecule has 34 heavy (non-hydrogen) atoms. The normalized spacial score (nSPS) is 16.2. The van der Waals surface area contributed by atoms with Gasteiger partial charge >= 0.3 is 0 Å². The van der Waals surface area contributed by atoms with Crippen molar-refractivity contribution < 1.29 is 14.3 Å². The second kappa shape index (κ2) is 10.5. The quantitative estimate of drug-likeness (QED) is 0.539. The van der Waals surface area contributed by atoms with Crippen molar-refractivity contribution in [2.45, 2.75) is 51.2 Å². The van der Waals surface area contributed by atoms with Crippen molar-refractivity contribution in [3.8, 4) is 0 Å². The zero-order chi connectivity index (χ0) is 23.3. The van der Waals surface area contributed by atoms with Crippen LogP contribution >= 0.6 is 11.3 Å². The van der Waals surface area contributed by atoms with Crippen LogP contribution in [-0.4, -0.2) is 40.9 Å². The van der Waals surface area contributed by atoms with E-state index in [-0.39, 0.29) is 17.9 Å². The number of hydrogen-bond acceptors (Lipinski definition) is 5. The molecule has 7 heteroatoms. The number of nitrogens with one attached hydrogen (secondary N) is 1. The number of piperidine rings is 1. The maximum atomic E-state index is 13.7. The van der Waals surface area contributed by atoms with Crippen LogP contribution < -0.4 is 5.32 Å². The van der Waals surface area contributed by atoms with Crippen LogP contribution in [0.2, 0.25) is 0 Å². The summed E-state index contributed by atoms with van der Waals surface area (Å²) in [4.78, 5) is 33.7. The van der Waals surface area contributed by atoms with Crippen molar-refractivity contribution in [2.75, 3.05) is 18.4 Å². The number of ether oxygens (including phenoxy) is 1.